The van der Waals surface area contributed by atoms with Crippen LogP contribution in [0.15, 0.2) is 24.3 Å². The van der Waals surface area contributed by atoms with Crippen LogP contribution in [0.3, 0.4) is 0 Å². The van der Waals surface area contributed by atoms with Crippen LogP contribution in [0.1, 0.15) is 25.3 Å². The van der Waals surface area contributed by atoms with Gasteiger partial charge in [0.05, 0.1) is 6.42 Å². The monoisotopic (exact) mass is 264 g/mol. The Kier molecular flexibility index (Phi) is 4.91. The second kappa shape index (κ2) is 6.66. The van der Waals surface area contributed by atoms with Gasteiger partial charge in [0, 0.05) is 12.6 Å². The lowest BCUT2D eigenvalue weighted by atomic mass is 9.95. The van der Waals surface area contributed by atoms with E-state index < -0.39 is 0 Å². The molecule has 0 bridgehead atoms. The molecule has 1 aromatic rings. The fraction of sp³-hybridized carbons (Fsp3) is 0.533. The predicted molar refractivity (Wildman–Crippen MR) is 73.3 cm³/mol. The molecule has 1 saturated heterocycles. The van der Waals surface area contributed by atoms with E-state index in [4.69, 9.17) is 0 Å². The van der Waals surface area contributed by atoms with Crippen LogP contribution in [0.5, 0.6) is 0 Å². The Morgan fingerprint density at radius 2 is 2.32 bits per heavy atom. The van der Waals surface area contributed by atoms with E-state index in [1.807, 2.05) is 0 Å². The van der Waals surface area contributed by atoms with Crippen molar-refractivity contribution in [3.8, 4) is 0 Å². The molecule has 2 rings (SSSR count). The van der Waals surface area contributed by atoms with E-state index >= 15 is 0 Å². The van der Waals surface area contributed by atoms with Crippen molar-refractivity contribution in [2.45, 2.75) is 32.2 Å². The van der Waals surface area contributed by atoms with Gasteiger partial charge in [-0.15, -0.1) is 0 Å². The molecular formula is C15H21FN2O. The molecule has 1 amide bonds. The molecule has 2 atom stereocenters. The molecule has 1 aliphatic rings. The Hall–Kier alpha value is -1.42. The minimum Gasteiger partial charge on any atom is -0.355 e. The lowest BCUT2D eigenvalue weighted by Gasteiger charge is -2.27. The van der Waals surface area contributed by atoms with Crippen molar-refractivity contribution >= 4 is 5.91 Å². The summed E-state index contributed by atoms with van der Waals surface area (Å²) >= 11 is 0. The average Bonchev–Trinajstić information content (AvgIpc) is 2.38. The fourth-order valence-corrected chi connectivity index (χ4v) is 2.38. The van der Waals surface area contributed by atoms with Gasteiger partial charge < -0.3 is 10.6 Å². The number of halogens is 1. The summed E-state index contributed by atoms with van der Waals surface area (Å²) in [5.74, 6) is 0.174. The number of carbonyl (C=O) groups excluding carboxylic acids is 1. The smallest absolute Gasteiger partial charge is 0.224 e. The number of hydrogen-bond donors (Lipinski definition) is 2. The summed E-state index contributed by atoms with van der Waals surface area (Å²) < 4.78 is 13.0. The molecule has 1 fully saturated rings. The maximum absolute atomic E-state index is 13.0. The van der Waals surface area contributed by atoms with Crippen LogP contribution in [0.2, 0.25) is 0 Å². The standard InChI is InChI=1S/C15H21FN2O/c1-11-5-6-13(9-17-11)10-18-15(19)8-12-3-2-4-14(16)7-12/h2-4,7,11,13,17H,5-6,8-10H2,1H3,(H,18,19). The van der Waals surface area contributed by atoms with Gasteiger partial charge in [-0.2, -0.15) is 0 Å². The average molecular weight is 264 g/mol. The highest BCUT2D eigenvalue weighted by molar-refractivity contribution is 5.78. The number of piperidine rings is 1. The Balaban J connectivity index is 1.73. The number of carbonyl (C=O) groups is 1. The van der Waals surface area contributed by atoms with E-state index in [0.29, 0.717) is 24.1 Å². The van der Waals surface area contributed by atoms with Crippen molar-refractivity contribution in [1.82, 2.24) is 10.6 Å². The minimum atomic E-state index is -0.296. The van der Waals surface area contributed by atoms with E-state index in [2.05, 4.69) is 17.6 Å². The van der Waals surface area contributed by atoms with E-state index in [1.54, 1.807) is 12.1 Å². The van der Waals surface area contributed by atoms with Crippen molar-refractivity contribution in [3.05, 3.63) is 35.6 Å². The first-order chi connectivity index (χ1) is 9.13. The number of hydrogen-bond acceptors (Lipinski definition) is 2. The SMILES string of the molecule is CC1CCC(CNC(=O)Cc2cccc(F)c2)CN1. The molecule has 2 N–H and O–H groups in total. The molecule has 3 nitrogen and oxygen atoms in total. The second-order valence-electron chi connectivity index (χ2n) is 5.36. The highest BCUT2D eigenvalue weighted by Crippen LogP contribution is 2.13. The molecule has 104 valence electrons. The largest absolute Gasteiger partial charge is 0.355 e. The Bertz CT molecular complexity index is 428. The first kappa shape index (κ1) is 14.0. The molecule has 1 aromatic carbocycles. The summed E-state index contributed by atoms with van der Waals surface area (Å²) in [5, 5.41) is 6.35. The normalized spacial score (nSPS) is 23.1. The summed E-state index contributed by atoms with van der Waals surface area (Å²) in [4.78, 5) is 11.8. The third-order valence-corrected chi connectivity index (χ3v) is 3.60. The van der Waals surface area contributed by atoms with Gasteiger partial charge in [-0.3, -0.25) is 4.79 Å². The number of benzene rings is 1. The molecule has 0 aliphatic carbocycles. The van der Waals surface area contributed by atoms with Crippen molar-refractivity contribution in [2.75, 3.05) is 13.1 Å². The van der Waals surface area contributed by atoms with Crippen LogP contribution < -0.4 is 10.6 Å². The van der Waals surface area contributed by atoms with Crippen molar-refractivity contribution in [2.24, 2.45) is 5.92 Å². The van der Waals surface area contributed by atoms with E-state index in [-0.39, 0.29) is 18.1 Å². The van der Waals surface area contributed by atoms with Crippen LogP contribution in [0, 0.1) is 11.7 Å². The summed E-state index contributed by atoms with van der Waals surface area (Å²) in [6.45, 7) is 3.84. The van der Waals surface area contributed by atoms with E-state index in [9.17, 15) is 9.18 Å². The molecule has 4 heteroatoms. The van der Waals surface area contributed by atoms with Gasteiger partial charge in [0.25, 0.3) is 0 Å². The molecular weight excluding hydrogens is 243 g/mol. The molecule has 19 heavy (non-hydrogen) atoms. The Morgan fingerprint density at radius 3 is 3.00 bits per heavy atom. The van der Waals surface area contributed by atoms with Crippen LogP contribution in [0.25, 0.3) is 0 Å². The molecule has 0 aromatic heterocycles. The maximum Gasteiger partial charge on any atom is 0.224 e. The number of nitrogens with one attached hydrogen (secondary N) is 2. The van der Waals surface area contributed by atoms with Gasteiger partial charge >= 0.3 is 0 Å². The number of rotatable bonds is 4. The summed E-state index contributed by atoms with van der Waals surface area (Å²) in [6.07, 6.45) is 2.55. The van der Waals surface area contributed by atoms with Crippen LogP contribution >= 0.6 is 0 Å². The molecule has 0 spiro atoms. The van der Waals surface area contributed by atoms with Gasteiger partial charge in [0.15, 0.2) is 0 Å². The molecule has 0 radical (unpaired) electrons. The lowest BCUT2D eigenvalue weighted by molar-refractivity contribution is -0.120. The minimum absolute atomic E-state index is 0.0378. The Morgan fingerprint density at radius 1 is 1.47 bits per heavy atom. The van der Waals surface area contributed by atoms with Crippen LogP contribution in [-0.2, 0) is 11.2 Å². The lowest BCUT2D eigenvalue weighted by Crippen LogP contribution is -2.42. The van der Waals surface area contributed by atoms with E-state index in [1.165, 1.54) is 12.1 Å². The van der Waals surface area contributed by atoms with Gasteiger partial charge in [-0.25, -0.2) is 4.39 Å². The zero-order chi connectivity index (χ0) is 13.7. The topological polar surface area (TPSA) is 41.1 Å². The molecule has 1 heterocycles. The fourth-order valence-electron chi connectivity index (χ4n) is 2.38. The summed E-state index contributed by atoms with van der Waals surface area (Å²) in [7, 11) is 0. The molecule has 2 unspecified atom stereocenters. The van der Waals surface area contributed by atoms with Gasteiger partial charge in [0.1, 0.15) is 5.82 Å². The Labute approximate surface area is 113 Å². The van der Waals surface area contributed by atoms with Gasteiger partial charge in [-0.1, -0.05) is 12.1 Å². The van der Waals surface area contributed by atoms with E-state index in [0.717, 1.165) is 19.4 Å². The van der Waals surface area contributed by atoms with Crippen molar-refractivity contribution < 1.29 is 9.18 Å². The molecule has 0 saturated carbocycles. The zero-order valence-corrected chi connectivity index (χ0v) is 11.3. The van der Waals surface area contributed by atoms with Crippen LogP contribution in [0.4, 0.5) is 4.39 Å². The summed E-state index contributed by atoms with van der Waals surface area (Å²) in [5.41, 5.74) is 0.716. The highest BCUT2D eigenvalue weighted by atomic mass is 19.1. The number of amides is 1. The highest BCUT2D eigenvalue weighted by Gasteiger charge is 2.17. The first-order valence-electron chi connectivity index (χ1n) is 6.88. The third-order valence-electron chi connectivity index (χ3n) is 3.60. The quantitative estimate of drug-likeness (QED) is 0.871. The molecule has 1 aliphatic heterocycles. The first-order valence-corrected chi connectivity index (χ1v) is 6.88. The van der Waals surface area contributed by atoms with Gasteiger partial charge in [0.2, 0.25) is 5.91 Å². The summed E-state index contributed by atoms with van der Waals surface area (Å²) in [6, 6.07) is 6.77. The van der Waals surface area contributed by atoms with Crippen molar-refractivity contribution in [3.63, 3.8) is 0 Å². The van der Waals surface area contributed by atoms with Crippen molar-refractivity contribution in [1.29, 1.82) is 0 Å². The zero-order valence-electron chi connectivity index (χ0n) is 11.3. The maximum atomic E-state index is 13.0. The third kappa shape index (κ3) is 4.63. The predicted octanol–water partition coefficient (Wildman–Crippen LogP) is 1.87. The van der Waals surface area contributed by atoms with Crippen LogP contribution in [-0.4, -0.2) is 25.0 Å². The second-order valence-corrected chi connectivity index (χ2v) is 5.36. The van der Waals surface area contributed by atoms with Gasteiger partial charge in [-0.05, 0) is 49.9 Å².